The lowest BCUT2D eigenvalue weighted by atomic mass is 10.0. The zero-order valence-corrected chi connectivity index (χ0v) is 29.6. The number of unbranched alkanes of at least 4 members (excludes halogenated alkanes) is 13. The van der Waals surface area contributed by atoms with E-state index in [0.717, 1.165) is 57.0 Å². The molecule has 2 N–H and O–H groups in total. The first-order valence-corrected chi connectivity index (χ1v) is 18.5. The zero-order chi connectivity index (χ0) is 33.3. The highest BCUT2D eigenvalue weighted by Crippen LogP contribution is 2.17. The fourth-order valence-corrected chi connectivity index (χ4v) is 6.54. The molecule has 0 fully saturated rings. The topological polar surface area (TPSA) is 78.3 Å². The van der Waals surface area contributed by atoms with Crippen LogP contribution in [0.15, 0.2) is 70.9 Å². The van der Waals surface area contributed by atoms with Gasteiger partial charge in [-0.2, -0.15) is 9.46 Å². The average Bonchev–Trinajstić information content (AvgIpc) is 3.07. The standard InChI is InChI=1S/C38H53Cl2N5O2/c1-2-3-4-5-6-7-8-9-10-11-12-13-14-15-24-43(27-22-41-35-20-25-44(46)37-29-31(39)16-18-33(35)37)28-23-42-36-21-26-45(47)38-30-32(40)17-19-34(36)38/h16-21,25-26,29-30,46-47H,2-15,22-24,27-28H2,1H3. The van der Waals surface area contributed by atoms with E-state index in [0.29, 0.717) is 34.2 Å². The third kappa shape index (κ3) is 12.2. The van der Waals surface area contributed by atoms with Crippen molar-refractivity contribution in [3.63, 3.8) is 0 Å². The molecule has 0 aliphatic rings. The molecule has 9 heteroatoms. The largest absolute Gasteiger partial charge is 0.428 e. The van der Waals surface area contributed by atoms with E-state index in [1.165, 1.54) is 83.5 Å². The van der Waals surface area contributed by atoms with E-state index in [1.54, 1.807) is 24.5 Å². The van der Waals surface area contributed by atoms with Crippen molar-refractivity contribution in [2.75, 3.05) is 32.7 Å². The van der Waals surface area contributed by atoms with Gasteiger partial charge >= 0.3 is 0 Å². The Bertz CT molecular complexity index is 1560. The fraction of sp³-hybridized carbons (Fsp3) is 0.526. The summed E-state index contributed by atoms with van der Waals surface area (Å²) in [7, 11) is 0. The first-order chi connectivity index (χ1) is 23.0. The molecule has 0 aliphatic heterocycles. The summed E-state index contributed by atoms with van der Waals surface area (Å²) in [4.78, 5) is 12.3. The Labute approximate surface area is 290 Å². The monoisotopic (exact) mass is 681 g/mol. The Kier molecular flexibility index (Phi) is 16.0. The Morgan fingerprint density at radius 2 is 0.957 bits per heavy atom. The molecule has 0 bridgehead atoms. The van der Waals surface area contributed by atoms with Crippen molar-refractivity contribution in [2.45, 2.75) is 96.8 Å². The number of rotatable bonds is 21. The van der Waals surface area contributed by atoms with E-state index in [-0.39, 0.29) is 0 Å². The lowest BCUT2D eigenvalue weighted by Crippen LogP contribution is -2.31. The maximum absolute atomic E-state index is 10.3. The second-order valence-electron chi connectivity index (χ2n) is 12.6. The molecule has 47 heavy (non-hydrogen) atoms. The van der Waals surface area contributed by atoms with Crippen LogP contribution in [0.25, 0.3) is 21.8 Å². The van der Waals surface area contributed by atoms with Crippen molar-refractivity contribution in [3.8, 4) is 0 Å². The molecular formula is C38H53Cl2N5O2. The molecule has 2 aromatic heterocycles. The van der Waals surface area contributed by atoms with Gasteiger partial charge in [0.15, 0.2) is 0 Å². The van der Waals surface area contributed by atoms with Crippen LogP contribution in [0.2, 0.25) is 10.0 Å². The van der Waals surface area contributed by atoms with Crippen LogP contribution in [0.5, 0.6) is 0 Å². The summed E-state index contributed by atoms with van der Waals surface area (Å²) in [6, 6.07) is 14.6. The second-order valence-corrected chi connectivity index (χ2v) is 13.5. The molecule has 2 aromatic carbocycles. The first-order valence-electron chi connectivity index (χ1n) is 17.7. The van der Waals surface area contributed by atoms with Gasteiger partial charge in [-0.25, -0.2) is 0 Å². The van der Waals surface area contributed by atoms with Gasteiger partial charge in [0.05, 0.1) is 34.8 Å². The van der Waals surface area contributed by atoms with Gasteiger partial charge in [-0.3, -0.25) is 14.9 Å². The van der Waals surface area contributed by atoms with Gasteiger partial charge in [-0.15, -0.1) is 0 Å². The van der Waals surface area contributed by atoms with E-state index < -0.39 is 0 Å². The molecule has 0 radical (unpaired) electrons. The second kappa shape index (κ2) is 20.4. The van der Waals surface area contributed by atoms with Crippen molar-refractivity contribution in [3.05, 3.63) is 81.7 Å². The Hall–Kier alpha value is -3.00. The summed E-state index contributed by atoms with van der Waals surface area (Å²) in [5.41, 5.74) is 1.27. The van der Waals surface area contributed by atoms with E-state index in [2.05, 4.69) is 11.8 Å². The molecule has 4 rings (SSSR count). The highest BCUT2D eigenvalue weighted by atomic mass is 35.5. The summed E-state index contributed by atoms with van der Waals surface area (Å²) in [5.74, 6) is 0. The van der Waals surface area contributed by atoms with Crippen LogP contribution in [0.1, 0.15) is 96.8 Å². The molecule has 0 saturated heterocycles. The molecule has 0 spiro atoms. The van der Waals surface area contributed by atoms with Crippen molar-refractivity contribution in [1.29, 1.82) is 0 Å². The molecule has 0 unspecified atom stereocenters. The van der Waals surface area contributed by atoms with E-state index in [4.69, 9.17) is 33.2 Å². The number of pyridine rings is 2. The Morgan fingerprint density at radius 1 is 0.553 bits per heavy atom. The lowest BCUT2D eigenvalue weighted by Gasteiger charge is -2.20. The van der Waals surface area contributed by atoms with Crippen molar-refractivity contribution >= 4 is 45.0 Å². The van der Waals surface area contributed by atoms with Gasteiger partial charge in [0, 0.05) is 46.3 Å². The Morgan fingerprint density at radius 3 is 1.38 bits per heavy atom. The summed E-state index contributed by atoms with van der Waals surface area (Å²) < 4.78 is 2.17. The normalized spacial score (nSPS) is 12.7. The minimum absolute atomic E-state index is 0.573. The smallest absolute Gasteiger partial charge is 0.0901 e. The van der Waals surface area contributed by atoms with Gasteiger partial charge in [-0.05, 0) is 61.5 Å². The molecule has 0 saturated carbocycles. The molecule has 0 atom stereocenters. The number of halogens is 2. The SMILES string of the molecule is CCCCCCCCCCCCCCCCN(CCN=c1ccn(O)c2cc(Cl)ccc12)CCN=c1ccn(O)c2cc(Cl)ccc12. The van der Waals surface area contributed by atoms with Crippen LogP contribution in [0.4, 0.5) is 0 Å². The molecule has 0 amide bonds. The fourth-order valence-electron chi connectivity index (χ4n) is 6.21. The number of hydrogen-bond donors (Lipinski definition) is 2. The molecule has 4 aromatic rings. The zero-order valence-electron chi connectivity index (χ0n) is 28.1. The molecule has 0 aliphatic carbocycles. The van der Waals surface area contributed by atoms with E-state index in [1.807, 2.05) is 36.4 Å². The van der Waals surface area contributed by atoms with Crippen molar-refractivity contribution in [1.82, 2.24) is 14.4 Å². The quantitative estimate of drug-likeness (QED) is 0.0679. The minimum atomic E-state index is 0.573. The number of hydrogen-bond acceptors (Lipinski definition) is 5. The van der Waals surface area contributed by atoms with Crippen LogP contribution in [-0.2, 0) is 0 Å². The van der Waals surface area contributed by atoms with Crippen LogP contribution >= 0.6 is 23.2 Å². The van der Waals surface area contributed by atoms with Gasteiger partial charge in [0.1, 0.15) is 0 Å². The van der Waals surface area contributed by atoms with Gasteiger partial charge < -0.3 is 10.4 Å². The van der Waals surface area contributed by atoms with E-state index >= 15 is 0 Å². The maximum Gasteiger partial charge on any atom is 0.0901 e. The maximum atomic E-state index is 10.3. The lowest BCUT2D eigenvalue weighted by molar-refractivity contribution is 0.197. The molecule has 2 heterocycles. The predicted octanol–water partition coefficient (Wildman–Crippen LogP) is 9.66. The van der Waals surface area contributed by atoms with E-state index in [9.17, 15) is 10.4 Å². The van der Waals surface area contributed by atoms with Gasteiger partial charge in [0.25, 0.3) is 0 Å². The molecule has 256 valence electrons. The van der Waals surface area contributed by atoms with Gasteiger partial charge in [-0.1, -0.05) is 114 Å². The van der Waals surface area contributed by atoms with Crippen LogP contribution in [0, 0.1) is 0 Å². The Balaban J connectivity index is 1.29. The van der Waals surface area contributed by atoms with Crippen LogP contribution < -0.4 is 10.7 Å². The third-order valence-electron chi connectivity index (χ3n) is 8.94. The summed E-state index contributed by atoms with van der Waals surface area (Å²) in [6.07, 6.45) is 22.1. The molecular weight excluding hydrogens is 629 g/mol. The average molecular weight is 683 g/mol. The van der Waals surface area contributed by atoms with Gasteiger partial charge in [0.2, 0.25) is 0 Å². The van der Waals surface area contributed by atoms with Crippen molar-refractivity contribution < 1.29 is 10.4 Å². The molecule has 7 nitrogen and oxygen atoms in total. The number of fused-ring (bicyclic) bond motifs is 2. The third-order valence-corrected chi connectivity index (χ3v) is 9.41. The number of benzene rings is 2. The number of nitrogens with zero attached hydrogens (tertiary/aromatic N) is 5. The van der Waals surface area contributed by atoms with Crippen LogP contribution in [0.3, 0.4) is 0 Å². The van der Waals surface area contributed by atoms with Crippen LogP contribution in [-0.4, -0.2) is 57.5 Å². The predicted molar refractivity (Wildman–Crippen MR) is 196 cm³/mol. The van der Waals surface area contributed by atoms with Crippen molar-refractivity contribution in [2.24, 2.45) is 9.98 Å². The summed E-state index contributed by atoms with van der Waals surface area (Å²) in [5, 5.41) is 25.1. The minimum Gasteiger partial charge on any atom is -0.428 e. The number of aromatic nitrogens is 2. The summed E-state index contributed by atoms with van der Waals surface area (Å²) in [6.45, 7) is 6.21. The highest BCUT2D eigenvalue weighted by Gasteiger charge is 2.07. The highest BCUT2D eigenvalue weighted by molar-refractivity contribution is 6.31. The summed E-state index contributed by atoms with van der Waals surface area (Å²) >= 11 is 12.3. The first kappa shape index (κ1) is 36.8.